The topological polar surface area (TPSA) is 126 Å². The fourth-order valence-electron chi connectivity index (χ4n) is 4.06. The molecule has 2 amide bonds. The van der Waals surface area contributed by atoms with Crippen molar-refractivity contribution in [1.29, 1.82) is 0 Å². The third kappa shape index (κ3) is 7.53. The highest BCUT2D eigenvalue weighted by Gasteiger charge is 2.31. The number of ether oxygens (including phenoxy) is 4. The Kier molecular flexibility index (Phi) is 10.2. The second-order valence-corrected chi connectivity index (χ2v) is 9.89. The number of thioether (sulfide) groups is 1. The average molecular weight is 632 g/mol. The van der Waals surface area contributed by atoms with Gasteiger partial charge >= 0.3 is 6.18 Å². The lowest BCUT2D eigenvalue weighted by Crippen LogP contribution is -2.25. The molecule has 232 valence electrons. The van der Waals surface area contributed by atoms with Gasteiger partial charge in [0.05, 0.1) is 52.0 Å². The van der Waals surface area contributed by atoms with E-state index in [1.165, 1.54) is 57.3 Å². The molecule has 0 aliphatic carbocycles. The number of alkyl halides is 3. The first kappa shape index (κ1) is 32.0. The van der Waals surface area contributed by atoms with Gasteiger partial charge in [-0.1, -0.05) is 17.8 Å². The van der Waals surface area contributed by atoms with Crippen LogP contribution in [0.5, 0.6) is 23.0 Å². The Morgan fingerprint density at radius 3 is 2.16 bits per heavy atom. The maximum Gasteiger partial charge on any atom is 0.416 e. The molecule has 15 heteroatoms. The zero-order valence-corrected chi connectivity index (χ0v) is 24.8. The summed E-state index contributed by atoms with van der Waals surface area (Å²) in [6.07, 6.45) is -4.60. The zero-order valence-electron chi connectivity index (χ0n) is 24.0. The number of hydrogen-bond acceptors (Lipinski definition) is 9. The number of methoxy groups -OCH3 is 4. The van der Waals surface area contributed by atoms with Crippen LogP contribution in [0.25, 0.3) is 5.69 Å². The molecule has 1 aromatic heterocycles. The molecular weight excluding hydrogens is 603 g/mol. The maximum atomic E-state index is 13.5. The summed E-state index contributed by atoms with van der Waals surface area (Å²) in [7, 11) is 5.77. The Bertz CT molecular complexity index is 1600. The first-order valence-electron chi connectivity index (χ1n) is 12.8. The summed E-state index contributed by atoms with van der Waals surface area (Å²) in [6.45, 7) is -0.211. The number of carbonyl (C=O) groups excluding carboxylic acids is 2. The quantitative estimate of drug-likeness (QED) is 0.208. The van der Waals surface area contributed by atoms with Gasteiger partial charge in [-0.3, -0.25) is 14.2 Å². The standard InChI is InChI=1S/C29H28F3N5O6S/c1-40-21-10-8-19(9-11-21)34-25(38)16-44-28-36-35-24(37(28)20-7-5-6-18(14-20)29(30,31)32)15-33-27(39)17-12-22(41-2)26(43-4)23(13-17)42-3/h5-14H,15-16H2,1-4H3,(H,33,39)(H,34,38). The van der Waals surface area contributed by atoms with E-state index >= 15 is 0 Å². The summed E-state index contributed by atoms with van der Waals surface area (Å²) in [5.74, 6) is 0.521. The summed E-state index contributed by atoms with van der Waals surface area (Å²) in [6, 6.07) is 14.2. The molecule has 0 bridgehead atoms. The lowest BCUT2D eigenvalue weighted by atomic mass is 10.1. The van der Waals surface area contributed by atoms with E-state index in [1.54, 1.807) is 24.3 Å². The number of halogens is 3. The Labute approximate surface area is 254 Å². The molecule has 3 aromatic carbocycles. The SMILES string of the molecule is COc1ccc(NC(=O)CSc2nnc(CNC(=O)c3cc(OC)c(OC)c(OC)c3)n2-c2cccc(C(F)(F)F)c2)cc1. The number of amides is 2. The number of hydrogen-bond donors (Lipinski definition) is 2. The van der Waals surface area contributed by atoms with Crippen LogP contribution in [-0.2, 0) is 17.5 Å². The van der Waals surface area contributed by atoms with E-state index in [4.69, 9.17) is 18.9 Å². The number of rotatable bonds is 12. The molecule has 1 heterocycles. The molecular formula is C29H28F3N5O6S. The van der Waals surface area contributed by atoms with E-state index in [0.29, 0.717) is 17.2 Å². The van der Waals surface area contributed by atoms with Crippen molar-refractivity contribution in [3.63, 3.8) is 0 Å². The van der Waals surface area contributed by atoms with Crippen molar-refractivity contribution in [3.05, 3.63) is 77.6 Å². The van der Waals surface area contributed by atoms with Crippen molar-refractivity contribution >= 4 is 29.3 Å². The number of aromatic nitrogens is 3. The van der Waals surface area contributed by atoms with E-state index in [9.17, 15) is 22.8 Å². The van der Waals surface area contributed by atoms with Gasteiger partial charge < -0.3 is 29.6 Å². The number of anilines is 1. The molecule has 0 fully saturated rings. The minimum atomic E-state index is -4.60. The zero-order chi connectivity index (χ0) is 31.9. The predicted molar refractivity (Wildman–Crippen MR) is 156 cm³/mol. The smallest absolute Gasteiger partial charge is 0.416 e. The molecule has 0 atom stereocenters. The largest absolute Gasteiger partial charge is 0.497 e. The van der Waals surface area contributed by atoms with Crippen LogP contribution in [-0.4, -0.2) is 60.8 Å². The highest BCUT2D eigenvalue weighted by Crippen LogP contribution is 2.38. The third-order valence-electron chi connectivity index (χ3n) is 6.17. The highest BCUT2D eigenvalue weighted by atomic mass is 32.2. The second-order valence-electron chi connectivity index (χ2n) is 8.94. The summed E-state index contributed by atoms with van der Waals surface area (Å²) in [5.41, 5.74) is -0.0791. The van der Waals surface area contributed by atoms with Crippen molar-refractivity contribution in [1.82, 2.24) is 20.1 Å². The van der Waals surface area contributed by atoms with Gasteiger partial charge in [0.15, 0.2) is 22.5 Å². The van der Waals surface area contributed by atoms with Crippen molar-refractivity contribution in [2.45, 2.75) is 17.9 Å². The molecule has 0 radical (unpaired) electrons. The van der Waals surface area contributed by atoms with E-state index in [0.717, 1.165) is 23.9 Å². The molecule has 0 aliphatic heterocycles. The van der Waals surface area contributed by atoms with Crippen molar-refractivity contribution in [2.24, 2.45) is 0 Å². The van der Waals surface area contributed by atoms with Crippen molar-refractivity contribution in [2.75, 3.05) is 39.5 Å². The number of benzene rings is 3. The average Bonchev–Trinajstić information content (AvgIpc) is 3.44. The van der Waals surface area contributed by atoms with Gasteiger partial charge in [-0.25, -0.2) is 0 Å². The van der Waals surface area contributed by atoms with Crippen LogP contribution in [0.1, 0.15) is 21.7 Å². The van der Waals surface area contributed by atoms with Gasteiger partial charge in [0, 0.05) is 11.3 Å². The number of nitrogens with zero attached hydrogens (tertiary/aromatic N) is 3. The molecule has 0 aliphatic rings. The van der Waals surface area contributed by atoms with Crippen molar-refractivity contribution < 1.29 is 41.7 Å². The summed E-state index contributed by atoms with van der Waals surface area (Å²) < 4.78 is 63.0. The van der Waals surface area contributed by atoms with E-state index < -0.39 is 17.6 Å². The van der Waals surface area contributed by atoms with Crippen molar-refractivity contribution in [3.8, 4) is 28.7 Å². The van der Waals surface area contributed by atoms with Gasteiger partial charge in [0.2, 0.25) is 11.7 Å². The Balaban J connectivity index is 1.58. The van der Waals surface area contributed by atoms with Crippen LogP contribution in [0.2, 0.25) is 0 Å². The lowest BCUT2D eigenvalue weighted by Gasteiger charge is -2.15. The summed E-state index contributed by atoms with van der Waals surface area (Å²) in [5, 5.41) is 13.8. The van der Waals surface area contributed by atoms with Gasteiger partial charge in [-0.15, -0.1) is 10.2 Å². The number of nitrogens with one attached hydrogen (secondary N) is 2. The first-order valence-corrected chi connectivity index (χ1v) is 13.8. The van der Waals surface area contributed by atoms with Crippen LogP contribution < -0.4 is 29.6 Å². The monoisotopic (exact) mass is 631 g/mol. The minimum absolute atomic E-state index is 0.0972. The fraction of sp³-hybridized carbons (Fsp3) is 0.241. The molecule has 0 saturated carbocycles. The molecule has 4 aromatic rings. The molecule has 0 unspecified atom stereocenters. The molecule has 44 heavy (non-hydrogen) atoms. The predicted octanol–water partition coefficient (Wildman–Crippen LogP) is 4.98. The van der Waals surface area contributed by atoms with E-state index in [-0.39, 0.29) is 51.9 Å². The minimum Gasteiger partial charge on any atom is -0.497 e. The van der Waals surface area contributed by atoms with Gasteiger partial charge in [-0.2, -0.15) is 13.2 Å². The van der Waals surface area contributed by atoms with Crippen LogP contribution in [0.4, 0.5) is 18.9 Å². The normalized spacial score (nSPS) is 11.1. The Morgan fingerprint density at radius 2 is 1.57 bits per heavy atom. The van der Waals surface area contributed by atoms with Crippen LogP contribution in [0.15, 0.2) is 65.8 Å². The van der Waals surface area contributed by atoms with Gasteiger partial charge in [0.25, 0.3) is 5.91 Å². The van der Waals surface area contributed by atoms with Gasteiger partial charge in [0.1, 0.15) is 5.75 Å². The Hall–Kier alpha value is -4.92. The highest BCUT2D eigenvalue weighted by molar-refractivity contribution is 7.99. The van der Waals surface area contributed by atoms with E-state index in [1.807, 2.05) is 0 Å². The molecule has 0 saturated heterocycles. The Morgan fingerprint density at radius 1 is 0.886 bits per heavy atom. The third-order valence-corrected chi connectivity index (χ3v) is 7.10. The van der Waals surface area contributed by atoms with Gasteiger partial charge in [-0.05, 0) is 54.6 Å². The first-order chi connectivity index (χ1) is 21.1. The lowest BCUT2D eigenvalue weighted by molar-refractivity contribution is -0.137. The summed E-state index contributed by atoms with van der Waals surface area (Å²) in [4.78, 5) is 25.7. The summed E-state index contributed by atoms with van der Waals surface area (Å²) >= 11 is 0.967. The molecule has 2 N–H and O–H groups in total. The van der Waals surface area contributed by atoms with Crippen LogP contribution >= 0.6 is 11.8 Å². The maximum absolute atomic E-state index is 13.5. The van der Waals surface area contributed by atoms with Crippen LogP contribution in [0, 0.1) is 0 Å². The molecule has 4 rings (SSSR count). The number of carbonyl (C=O) groups is 2. The molecule has 11 nitrogen and oxygen atoms in total. The molecule has 0 spiro atoms. The fourth-order valence-corrected chi connectivity index (χ4v) is 4.83. The van der Waals surface area contributed by atoms with E-state index in [2.05, 4.69) is 20.8 Å². The van der Waals surface area contributed by atoms with Crippen LogP contribution in [0.3, 0.4) is 0 Å². The second kappa shape index (κ2) is 14.0.